The summed E-state index contributed by atoms with van der Waals surface area (Å²) in [5.41, 5.74) is 1.01. The van der Waals surface area contributed by atoms with E-state index in [1.165, 1.54) is 4.57 Å². The fraction of sp³-hybridized carbons (Fsp3) is 0.526. The molecular formula is C19H25N3O5. The summed E-state index contributed by atoms with van der Waals surface area (Å²) in [5, 5.41) is 5.63. The molecule has 2 aromatic rings. The van der Waals surface area contributed by atoms with Crippen molar-refractivity contribution in [1.29, 1.82) is 0 Å². The maximum atomic E-state index is 12.5. The van der Waals surface area contributed by atoms with E-state index in [2.05, 4.69) is 10.6 Å². The minimum atomic E-state index is -0.771. The van der Waals surface area contributed by atoms with Crippen molar-refractivity contribution in [2.24, 2.45) is 0 Å². The Morgan fingerprint density at radius 2 is 1.96 bits per heavy atom. The molecule has 0 bridgehead atoms. The van der Waals surface area contributed by atoms with Gasteiger partial charge in [-0.3, -0.25) is 4.57 Å². The van der Waals surface area contributed by atoms with Crippen molar-refractivity contribution >= 4 is 23.1 Å². The van der Waals surface area contributed by atoms with Crippen LogP contribution >= 0.6 is 0 Å². The number of carbonyl (C=O) groups is 2. The van der Waals surface area contributed by atoms with Crippen molar-refractivity contribution in [3.8, 4) is 0 Å². The van der Waals surface area contributed by atoms with Crippen molar-refractivity contribution < 1.29 is 18.7 Å². The maximum absolute atomic E-state index is 12.5. The molecule has 2 amide bonds. The Balaban J connectivity index is 1.57. The van der Waals surface area contributed by atoms with E-state index in [1.54, 1.807) is 31.2 Å². The van der Waals surface area contributed by atoms with Gasteiger partial charge in [0.15, 0.2) is 5.58 Å². The molecule has 0 unspecified atom stereocenters. The molecule has 146 valence electrons. The molecule has 0 radical (unpaired) electrons. The van der Waals surface area contributed by atoms with Crippen LogP contribution in [-0.4, -0.2) is 35.3 Å². The molecule has 0 spiro atoms. The van der Waals surface area contributed by atoms with Crippen molar-refractivity contribution in [1.82, 2.24) is 15.2 Å². The van der Waals surface area contributed by atoms with E-state index in [0.29, 0.717) is 30.5 Å². The Labute approximate surface area is 156 Å². The summed E-state index contributed by atoms with van der Waals surface area (Å²) in [6, 6.07) is 6.13. The van der Waals surface area contributed by atoms with Gasteiger partial charge in [0.05, 0.1) is 5.52 Å². The number of hydrogen-bond acceptors (Lipinski definition) is 5. The predicted octanol–water partition coefficient (Wildman–Crippen LogP) is 2.33. The molecule has 1 fully saturated rings. The standard InChI is InChI=1S/C19H25N3O5/c1-3-20-18(24)21-13-8-10-14(11-9-13)26-17(23)12(2)22-15-6-4-5-7-16(15)27-19(22)25/h4-7,12-14H,3,8-11H2,1-2H3,(H2,20,21,24)/t12-,13?,14?/m1/s1. The second kappa shape index (κ2) is 8.28. The second-order valence-corrected chi connectivity index (χ2v) is 6.80. The van der Waals surface area contributed by atoms with Gasteiger partial charge >= 0.3 is 17.8 Å². The largest absolute Gasteiger partial charge is 0.461 e. The van der Waals surface area contributed by atoms with Crippen molar-refractivity contribution in [2.75, 3.05) is 6.54 Å². The quantitative estimate of drug-likeness (QED) is 0.781. The minimum Gasteiger partial charge on any atom is -0.461 e. The minimum absolute atomic E-state index is 0.0874. The van der Waals surface area contributed by atoms with Gasteiger partial charge in [-0.2, -0.15) is 0 Å². The van der Waals surface area contributed by atoms with Gasteiger partial charge in [-0.1, -0.05) is 12.1 Å². The molecule has 1 aliphatic carbocycles. The highest BCUT2D eigenvalue weighted by Gasteiger charge is 2.28. The zero-order chi connectivity index (χ0) is 19.4. The summed E-state index contributed by atoms with van der Waals surface area (Å²) in [5.74, 6) is -1.03. The molecule has 0 saturated heterocycles. The van der Waals surface area contributed by atoms with Gasteiger partial charge < -0.3 is 19.8 Å². The number of para-hydroxylation sites is 2. The van der Waals surface area contributed by atoms with Gasteiger partial charge in [0, 0.05) is 12.6 Å². The van der Waals surface area contributed by atoms with Crippen LogP contribution in [0.5, 0.6) is 0 Å². The molecular weight excluding hydrogens is 350 g/mol. The first-order valence-corrected chi connectivity index (χ1v) is 9.34. The van der Waals surface area contributed by atoms with Crippen LogP contribution in [0.3, 0.4) is 0 Å². The van der Waals surface area contributed by atoms with Crippen LogP contribution in [0.25, 0.3) is 11.1 Å². The van der Waals surface area contributed by atoms with E-state index in [0.717, 1.165) is 12.8 Å². The predicted molar refractivity (Wildman–Crippen MR) is 99.5 cm³/mol. The lowest BCUT2D eigenvalue weighted by molar-refractivity contribution is -0.154. The van der Waals surface area contributed by atoms with Crippen LogP contribution in [0.15, 0.2) is 33.5 Å². The molecule has 8 heteroatoms. The van der Waals surface area contributed by atoms with Crippen LogP contribution in [0, 0.1) is 0 Å². The SMILES string of the molecule is CCNC(=O)NC1CCC(OC(=O)[C@@H](C)n2c(=O)oc3ccccc32)CC1. The van der Waals surface area contributed by atoms with E-state index in [1.807, 2.05) is 6.92 Å². The van der Waals surface area contributed by atoms with Gasteiger partial charge in [0.2, 0.25) is 0 Å². The van der Waals surface area contributed by atoms with Gasteiger partial charge in [-0.05, 0) is 51.7 Å². The molecule has 1 heterocycles. The van der Waals surface area contributed by atoms with Crippen LogP contribution in [0.2, 0.25) is 0 Å². The summed E-state index contributed by atoms with van der Waals surface area (Å²) in [6.07, 6.45) is 2.64. The molecule has 1 saturated carbocycles. The van der Waals surface area contributed by atoms with Crippen molar-refractivity contribution in [3.63, 3.8) is 0 Å². The Morgan fingerprint density at radius 1 is 1.26 bits per heavy atom. The number of rotatable bonds is 5. The highest BCUT2D eigenvalue weighted by atomic mass is 16.5. The fourth-order valence-corrected chi connectivity index (χ4v) is 3.44. The topological polar surface area (TPSA) is 103 Å². The van der Waals surface area contributed by atoms with Gasteiger partial charge in [-0.25, -0.2) is 14.4 Å². The molecule has 1 atom stereocenters. The van der Waals surface area contributed by atoms with E-state index in [4.69, 9.17) is 9.15 Å². The molecule has 2 N–H and O–H groups in total. The third-order valence-electron chi connectivity index (χ3n) is 4.88. The zero-order valence-electron chi connectivity index (χ0n) is 15.6. The first-order valence-electron chi connectivity index (χ1n) is 9.34. The number of nitrogens with zero attached hydrogens (tertiary/aromatic N) is 1. The highest BCUT2D eigenvalue weighted by Crippen LogP contribution is 2.24. The zero-order valence-corrected chi connectivity index (χ0v) is 15.6. The number of hydrogen-bond donors (Lipinski definition) is 2. The Hall–Kier alpha value is -2.77. The van der Waals surface area contributed by atoms with E-state index >= 15 is 0 Å². The third-order valence-corrected chi connectivity index (χ3v) is 4.88. The smallest absolute Gasteiger partial charge is 0.420 e. The maximum Gasteiger partial charge on any atom is 0.420 e. The molecule has 8 nitrogen and oxygen atoms in total. The Bertz CT molecular complexity index is 864. The average molecular weight is 375 g/mol. The van der Waals surface area contributed by atoms with Crippen molar-refractivity contribution in [2.45, 2.75) is 57.7 Å². The van der Waals surface area contributed by atoms with E-state index < -0.39 is 17.8 Å². The number of benzene rings is 1. The molecule has 3 rings (SSSR count). The van der Waals surface area contributed by atoms with Crippen LogP contribution in [0.4, 0.5) is 4.79 Å². The first kappa shape index (κ1) is 19.0. The lowest BCUT2D eigenvalue weighted by Crippen LogP contribution is -2.44. The summed E-state index contributed by atoms with van der Waals surface area (Å²) in [6.45, 7) is 4.08. The lowest BCUT2D eigenvalue weighted by atomic mass is 9.93. The Morgan fingerprint density at radius 3 is 2.67 bits per heavy atom. The summed E-state index contributed by atoms with van der Waals surface area (Å²) in [7, 11) is 0. The van der Waals surface area contributed by atoms with Crippen LogP contribution in [-0.2, 0) is 9.53 Å². The second-order valence-electron chi connectivity index (χ2n) is 6.80. The summed E-state index contributed by atoms with van der Waals surface area (Å²) in [4.78, 5) is 36.2. The van der Waals surface area contributed by atoms with Gasteiger partial charge in [-0.15, -0.1) is 0 Å². The van der Waals surface area contributed by atoms with Crippen LogP contribution < -0.4 is 16.4 Å². The molecule has 1 aromatic heterocycles. The number of urea groups is 1. The van der Waals surface area contributed by atoms with Crippen molar-refractivity contribution in [3.05, 3.63) is 34.8 Å². The number of oxazole rings is 1. The van der Waals surface area contributed by atoms with E-state index in [9.17, 15) is 14.4 Å². The number of aromatic nitrogens is 1. The van der Waals surface area contributed by atoms with Gasteiger partial charge in [0.25, 0.3) is 0 Å². The molecule has 1 aliphatic rings. The highest BCUT2D eigenvalue weighted by molar-refractivity contribution is 5.79. The third kappa shape index (κ3) is 4.32. The average Bonchev–Trinajstić information content (AvgIpc) is 2.98. The number of esters is 1. The fourth-order valence-electron chi connectivity index (χ4n) is 3.44. The number of nitrogens with one attached hydrogen (secondary N) is 2. The first-order chi connectivity index (χ1) is 13.0. The summed E-state index contributed by atoms with van der Waals surface area (Å²) < 4.78 is 12.1. The van der Waals surface area contributed by atoms with Crippen LogP contribution in [0.1, 0.15) is 45.6 Å². The summed E-state index contributed by atoms with van der Waals surface area (Å²) >= 11 is 0. The van der Waals surface area contributed by atoms with Gasteiger partial charge in [0.1, 0.15) is 12.1 Å². The lowest BCUT2D eigenvalue weighted by Gasteiger charge is -2.29. The van der Waals surface area contributed by atoms with E-state index in [-0.39, 0.29) is 18.2 Å². The normalized spacial score (nSPS) is 20.8. The number of ether oxygens (including phenoxy) is 1. The monoisotopic (exact) mass is 375 g/mol. The Kier molecular flexibility index (Phi) is 5.83. The molecule has 0 aliphatic heterocycles. The molecule has 1 aromatic carbocycles. The molecule has 27 heavy (non-hydrogen) atoms. The number of carbonyl (C=O) groups excluding carboxylic acids is 2. The number of fused-ring (bicyclic) bond motifs is 1. The number of amides is 2.